The molecule has 2 rings (SSSR count). The van der Waals surface area contributed by atoms with Gasteiger partial charge >= 0.3 is 0 Å². The van der Waals surface area contributed by atoms with E-state index in [4.69, 9.17) is 23.2 Å². The first-order chi connectivity index (χ1) is 11.8. The van der Waals surface area contributed by atoms with Crippen LogP contribution in [0.4, 0.5) is 11.4 Å². The molecule has 2 aromatic rings. The molecule has 0 aromatic heterocycles. The van der Waals surface area contributed by atoms with Crippen molar-refractivity contribution in [1.29, 1.82) is 0 Å². The second-order valence-corrected chi connectivity index (χ2v) is 6.17. The van der Waals surface area contributed by atoms with E-state index >= 15 is 0 Å². The van der Waals surface area contributed by atoms with Gasteiger partial charge < -0.3 is 10.2 Å². The van der Waals surface area contributed by atoms with Crippen LogP contribution in [0.3, 0.4) is 0 Å². The topological polar surface area (TPSA) is 66.5 Å². The van der Waals surface area contributed by atoms with E-state index < -0.39 is 5.91 Å². The number of benzene rings is 2. The Labute approximate surface area is 155 Å². The molecule has 0 fully saturated rings. The molecule has 0 spiro atoms. The van der Waals surface area contributed by atoms with Crippen LogP contribution in [0.2, 0.25) is 10.0 Å². The Morgan fingerprint density at radius 2 is 1.60 bits per heavy atom. The minimum absolute atomic E-state index is 0.107. The molecular formula is C18H16Cl2N2O3. The number of nitrogens with zero attached hydrogens (tertiary/aromatic N) is 1. The molecule has 0 aliphatic rings. The molecule has 2 amide bonds. The van der Waals surface area contributed by atoms with Crippen LogP contribution in [-0.2, 0) is 9.59 Å². The summed E-state index contributed by atoms with van der Waals surface area (Å²) in [6.45, 7) is 2.50. The highest BCUT2D eigenvalue weighted by atomic mass is 35.5. The SMILES string of the molecule is CC(=O)c1cccc(NC(=O)CN(C(C)=O)c2c(Cl)cccc2Cl)c1. The second kappa shape index (κ2) is 8.14. The van der Waals surface area contributed by atoms with E-state index in [1.807, 2.05) is 0 Å². The monoisotopic (exact) mass is 378 g/mol. The lowest BCUT2D eigenvalue weighted by atomic mass is 10.1. The number of hydrogen-bond donors (Lipinski definition) is 1. The molecule has 0 heterocycles. The van der Waals surface area contributed by atoms with Crippen LogP contribution in [0.5, 0.6) is 0 Å². The molecular weight excluding hydrogens is 363 g/mol. The van der Waals surface area contributed by atoms with Gasteiger partial charge in [0, 0.05) is 18.2 Å². The fraction of sp³-hybridized carbons (Fsp3) is 0.167. The summed E-state index contributed by atoms with van der Waals surface area (Å²) in [6, 6.07) is 11.4. The van der Waals surface area contributed by atoms with Crippen LogP contribution in [-0.4, -0.2) is 24.1 Å². The maximum absolute atomic E-state index is 12.3. The second-order valence-electron chi connectivity index (χ2n) is 5.36. The summed E-state index contributed by atoms with van der Waals surface area (Å²) in [6.07, 6.45) is 0. The van der Waals surface area contributed by atoms with Crippen molar-refractivity contribution in [3.05, 3.63) is 58.1 Å². The van der Waals surface area contributed by atoms with Crippen molar-refractivity contribution in [3.8, 4) is 0 Å². The first kappa shape index (κ1) is 19.0. The van der Waals surface area contributed by atoms with Crippen molar-refractivity contribution in [2.24, 2.45) is 0 Å². The number of para-hydroxylation sites is 1. The third-order valence-electron chi connectivity index (χ3n) is 3.44. The maximum atomic E-state index is 12.3. The number of Topliss-reactive ketones (excluding diaryl/α,β-unsaturated/α-hetero) is 1. The number of carbonyl (C=O) groups excluding carboxylic acids is 3. The van der Waals surface area contributed by atoms with Crippen LogP contribution in [0.15, 0.2) is 42.5 Å². The van der Waals surface area contributed by atoms with Gasteiger partial charge in [-0.25, -0.2) is 0 Å². The first-order valence-electron chi connectivity index (χ1n) is 7.42. The average molecular weight is 379 g/mol. The molecule has 25 heavy (non-hydrogen) atoms. The number of nitrogens with one attached hydrogen (secondary N) is 1. The normalized spacial score (nSPS) is 10.2. The smallest absolute Gasteiger partial charge is 0.244 e. The lowest BCUT2D eigenvalue weighted by molar-refractivity contribution is -0.120. The number of amides is 2. The Balaban J connectivity index is 2.20. The average Bonchev–Trinajstić information content (AvgIpc) is 2.53. The minimum Gasteiger partial charge on any atom is -0.325 e. The molecule has 0 radical (unpaired) electrons. The summed E-state index contributed by atoms with van der Waals surface area (Å²) in [5.41, 5.74) is 1.23. The lowest BCUT2D eigenvalue weighted by Crippen LogP contribution is -2.37. The minimum atomic E-state index is -0.438. The third-order valence-corrected chi connectivity index (χ3v) is 4.05. The molecule has 5 nitrogen and oxygen atoms in total. The van der Waals surface area contributed by atoms with Gasteiger partial charge in [-0.15, -0.1) is 0 Å². The van der Waals surface area contributed by atoms with Gasteiger partial charge in [0.15, 0.2) is 5.78 Å². The van der Waals surface area contributed by atoms with Gasteiger partial charge in [-0.1, -0.05) is 41.4 Å². The van der Waals surface area contributed by atoms with Gasteiger partial charge in [0.2, 0.25) is 11.8 Å². The highest BCUT2D eigenvalue weighted by Gasteiger charge is 2.21. The number of ketones is 1. The van der Waals surface area contributed by atoms with Crippen LogP contribution in [0, 0.1) is 0 Å². The highest BCUT2D eigenvalue weighted by molar-refractivity contribution is 6.40. The number of rotatable bonds is 5. The molecule has 0 aliphatic carbocycles. The predicted molar refractivity (Wildman–Crippen MR) is 99.6 cm³/mol. The van der Waals surface area contributed by atoms with Crippen molar-refractivity contribution in [2.75, 3.05) is 16.8 Å². The number of halogens is 2. The fourth-order valence-corrected chi connectivity index (χ4v) is 2.86. The Morgan fingerprint density at radius 1 is 1.00 bits per heavy atom. The molecule has 130 valence electrons. The summed E-state index contributed by atoms with van der Waals surface area (Å²) >= 11 is 12.2. The Hall–Kier alpha value is -2.37. The van der Waals surface area contributed by atoms with E-state index in [0.29, 0.717) is 11.3 Å². The van der Waals surface area contributed by atoms with E-state index in [0.717, 1.165) is 0 Å². The lowest BCUT2D eigenvalue weighted by Gasteiger charge is -2.23. The van der Waals surface area contributed by atoms with E-state index in [9.17, 15) is 14.4 Å². The molecule has 0 atom stereocenters. The molecule has 0 saturated carbocycles. The zero-order valence-corrected chi connectivity index (χ0v) is 15.2. The zero-order chi connectivity index (χ0) is 18.6. The van der Waals surface area contributed by atoms with Crippen LogP contribution >= 0.6 is 23.2 Å². The molecule has 0 unspecified atom stereocenters. The Morgan fingerprint density at radius 3 is 2.16 bits per heavy atom. The molecule has 0 aliphatic heterocycles. The Bertz CT molecular complexity index is 817. The van der Waals surface area contributed by atoms with Gasteiger partial charge in [-0.3, -0.25) is 14.4 Å². The van der Waals surface area contributed by atoms with E-state index in [-0.39, 0.29) is 34.0 Å². The van der Waals surface area contributed by atoms with Crippen LogP contribution < -0.4 is 10.2 Å². The van der Waals surface area contributed by atoms with Crippen molar-refractivity contribution < 1.29 is 14.4 Å². The number of hydrogen-bond acceptors (Lipinski definition) is 3. The van der Waals surface area contributed by atoms with Crippen LogP contribution in [0.1, 0.15) is 24.2 Å². The van der Waals surface area contributed by atoms with Crippen molar-refractivity contribution >= 4 is 52.2 Å². The van der Waals surface area contributed by atoms with Gasteiger partial charge in [-0.2, -0.15) is 0 Å². The van der Waals surface area contributed by atoms with Crippen LogP contribution in [0.25, 0.3) is 0 Å². The third kappa shape index (κ3) is 4.81. The van der Waals surface area contributed by atoms with E-state index in [1.165, 1.54) is 18.7 Å². The van der Waals surface area contributed by atoms with Gasteiger partial charge in [0.1, 0.15) is 6.54 Å². The fourth-order valence-electron chi connectivity index (χ4n) is 2.25. The maximum Gasteiger partial charge on any atom is 0.244 e. The molecule has 0 bridgehead atoms. The predicted octanol–water partition coefficient (Wildman–Crippen LogP) is 4.19. The summed E-state index contributed by atoms with van der Waals surface area (Å²) in [5.74, 6) is -0.918. The van der Waals surface area contributed by atoms with Crippen molar-refractivity contribution in [1.82, 2.24) is 0 Å². The van der Waals surface area contributed by atoms with E-state index in [2.05, 4.69) is 5.32 Å². The highest BCUT2D eigenvalue weighted by Crippen LogP contribution is 2.33. The summed E-state index contributed by atoms with van der Waals surface area (Å²) in [5, 5.41) is 3.20. The molecule has 0 saturated heterocycles. The quantitative estimate of drug-likeness (QED) is 0.793. The first-order valence-corrected chi connectivity index (χ1v) is 8.18. The Kier molecular flexibility index (Phi) is 6.17. The largest absolute Gasteiger partial charge is 0.325 e. The summed E-state index contributed by atoms with van der Waals surface area (Å²) in [4.78, 5) is 36.9. The molecule has 7 heteroatoms. The van der Waals surface area contributed by atoms with Crippen molar-refractivity contribution in [3.63, 3.8) is 0 Å². The molecule has 2 aromatic carbocycles. The van der Waals surface area contributed by atoms with Crippen molar-refractivity contribution in [2.45, 2.75) is 13.8 Å². The van der Waals surface area contributed by atoms with E-state index in [1.54, 1.807) is 42.5 Å². The number of carbonyl (C=O) groups is 3. The summed E-state index contributed by atoms with van der Waals surface area (Å²) < 4.78 is 0. The number of anilines is 2. The van der Waals surface area contributed by atoms with Gasteiger partial charge in [0.25, 0.3) is 0 Å². The molecule has 1 N–H and O–H groups in total. The summed E-state index contributed by atoms with van der Waals surface area (Å²) in [7, 11) is 0. The van der Waals surface area contributed by atoms with Gasteiger partial charge in [0.05, 0.1) is 15.7 Å². The van der Waals surface area contributed by atoms with Gasteiger partial charge in [-0.05, 0) is 31.2 Å². The zero-order valence-electron chi connectivity index (χ0n) is 13.7. The standard InChI is InChI=1S/C18H16Cl2N2O3/c1-11(23)13-5-3-6-14(9-13)21-17(25)10-22(12(2)24)18-15(19)7-4-8-16(18)20/h3-9H,10H2,1-2H3,(H,21,25).